The highest BCUT2D eigenvalue weighted by molar-refractivity contribution is 5.33. The van der Waals surface area contributed by atoms with E-state index in [0.717, 1.165) is 18.7 Å². The maximum atomic E-state index is 5.36. The van der Waals surface area contributed by atoms with Crippen molar-refractivity contribution < 1.29 is 4.74 Å². The van der Waals surface area contributed by atoms with Crippen LogP contribution >= 0.6 is 0 Å². The predicted octanol–water partition coefficient (Wildman–Crippen LogP) is 3.26. The Balaban J connectivity index is 2.39. The molecule has 0 saturated heterocycles. The molecule has 2 heteroatoms. The quantitative estimate of drug-likeness (QED) is 0.783. The summed E-state index contributed by atoms with van der Waals surface area (Å²) >= 11 is 0. The van der Waals surface area contributed by atoms with Crippen molar-refractivity contribution in [3.05, 3.63) is 29.8 Å². The molecule has 17 heavy (non-hydrogen) atoms. The van der Waals surface area contributed by atoms with E-state index < -0.39 is 0 Å². The van der Waals surface area contributed by atoms with Crippen LogP contribution in [0.15, 0.2) is 24.3 Å². The van der Waals surface area contributed by atoms with Crippen LogP contribution in [0.5, 0.6) is 5.75 Å². The van der Waals surface area contributed by atoms with Gasteiger partial charge < -0.3 is 10.1 Å². The molecule has 0 fully saturated rings. The summed E-state index contributed by atoms with van der Waals surface area (Å²) in [7, 11) is 1.74. The minimum Gasteiger partial charge on any atom is -0.496 e. The first kappa shape index (κ1) is 14.0. The van der Waals surface area contributed by atoms with Crippen molar-refractivity contribution in [1.29, 1.82) is 0 Å². The first-order chi connectivity index (χ1) is 8.13. The van der Waals surface area contributed by atoms with Crippen LogP contribution in [0.4, 0.5) is 0 Å². The monoisotopic (exact) mass is 235 g/mol. The van der Waals surface area contributed by atoms with Gasteiger partial charge in [0, 0.05) is 6.04 Å². The first-order valence-electron chi connectivity index (χ1n) is 6.48. The summed E-state index contributed by atoms with van der Waals surface area (Å²) < 4.78 is 5.36. The molecule has 1 aromatic rings. The van der Waals surface area contributed by atoms with Gasteiger partial charge in [-0.3, -0.25) is 0 Å². The Bertz CT molecular complexity index is 322. The number of nitrogens with one attached hydrogen (secondary N) is 1. The van der Waals surface area contributed by atoms with Gasteiger partial charge in [0.15, 0.2) is 0 Å². The molecule has 0 amide bonds. The molecule has 0 aliphatic carbocycles. The average molecular weight is 235 g/mol. The van der Waals surface area contributed by atoms with Gasteiger partial charge in [-0.1, -0.05) is 39.0 Å². The van der Waals surface area contributed by atoms with Gasteiger partial charge in [0.1, 0.15) is 5.75 Å². The SMILES string of the molecule is COc1ccccc1CCC(C)CNC(C)C. The molecule has 0 bridgehead atoms. The third-order valence-corrected chi connectivity index (χ3v) is 2.97. The molecule has 0 aliphatic rings. The molecule has 0 spiro atoms. The number of benzene rings is 1. The Morgan fingerprint density at radius 2 is 1.88 bits per heavy atom. The van der Waals surface area contributed by atoms with Crippen LogP contribution < -0.4 is 10.1 Å². The minimum atomic E-state index is 0.573. The topological polar surface area (TPSA) is 21.3 Å². The van der Waals surface area contributed by atoms with Crippen molar-refractivity contribution in [3.8, 4) is 5.75 Å². The first-order valence-corrected chi connectivity index (χ1v) is 6.48. The van der Waals surface area contributed by atoms with Gasteiger partial charge in [-0.15, -0.1) is 0 Å². The Hall–Kier alpha value is -1.02. The van der Waals surface area contributed by atoms with E-state index in [4.69, 9.17) is 4.74 Å². The largest absolute Gasteiger partial charge is 0.496 e. The van der Waals surface area contributed by atoms with Crippen LogP contribution in [0.2, 0.25) is 0 Å². The molecule has 1 atom stereocenters. The second-order valence-electron chi connectivity index (χ2n) is 5.02. The predicted molar refractivity (Wildman–Crippen MR) is 73.6 cm³/mol. The zero-order valence-corrected chi connectivity index (χ0v) is 11.5. The highest BCUT2D eigenvalue weighted by Gasteiger charge is 2.06. The average Bonchev–Trinajstić information content (AvgIpc) is 2.34. The summed E-state index contributed by atoms with van der Waals surface area (Å²) in [6, 6.07) is 8.86. The normalized spacial score (nSPS) is 12.8. The molecular formula is C15H25NO. The summed E-state index contributed by atoms with van der Waals surface area (Å²) in [5.74, 6) is 1.71. The van der Waals surface area contributed by atoms with E-state index in [-0.39, 0.29) is 0 Å². The number of hydrogen-bond donors (Lipinski definition) is 1. The number of hydrogen-bond acceptors (Lipinski definition) is 2. The molecule has 96 valence electrons. The Labute approximate surface area is 105 Å². The van der Waals surface area contributed by atoms with Crippen LogP contribution in [0.1, 0.15) is 32.8 Å². The van der Waals surface area contributed by atoms with Gasteiger partial charge in [0.2, 0.25) is 0 Å². The van der Waals surface area contributed by atoms with Gasteiger partial charge in [0.25, 0.3) is 0 Å². The summed E-state index contributed by atoms with van der Waals surface area (Å²) in [5.41, 5.74) is 1.31. The lowest BCUT2D eigenvalue weighted by Gasteiger charge is -2.15. The van der Waals surface area contributed by atoms with Crippen molar-refractivity contribution >= 4 is 0 Å². The summed E-state index contributed by atoms with van der Waals surface area (Å²) in [5, 5.41) is 3.48. The molecule has 1 rings (SSSR count). The molecule has 1 aromatic carbocycles. The zero-order chi connectivity index (χ0) is 12.7. The molecule has 1 unspecified atom stereocenters. The third-order valence-electron chi connectivity index (χ3n) is 2.97. The molecular weight excluding hydrogens is 210 g/mol. The van der Waals surface area contributed by atoms with Gasteiger partial charge >= 0.3 is 0 Å². The number of rotatable bonds is 7. The molecule has 2 nitrogen and oxygen atoms in total. The fourth-order valence-corrected chi connectivity index (χ4v) is 1.85. The summed E-state index contributed by atoms with van der Waals surface area (Å²) in [6.45, 7) is 7.76. The fourth-order valence-electron chi connectivity index (χ4n) is 1.85. The van der Waals surface area contributed by atoms with Crippen LogP contribution in [0, 0.1) is 5.92 Å². The van der Waals surface area contributed by atoms with Crippen molar-refractivity contribution in [1.82, 2.24) is 5.32 Å². The second kappa shape index (κ2) is 7.33. The molecule has 0 saturated carbocycles. The number of ether oxygens (including phenoxy) is 1. The van der Waals surface area contributed by atoms with E-state index in [1.165, 1.54) is 12.0 Å². The van der Waals surface area contributed by atoms with Crippen molar-refractivity contribution in [2.45, 2.75) is 39.7 Å². The lowest BCUT2D eigenvalue weighted by atomic mass is 10.0. The Kier molecular flexibility index (Phi) is 6.06. The minimum absolute atomic E-state index is 0.573. The van der Waals surface area contributed by atoms with E-state index in [1.807, 2.05) is 12.1 Å². The number of methoxy groups -OCH3 is 1. The van der Waals surface area contributed by atoms with E-state index >= 15 is 0 Å². The Morgan fingerprint density at radius 1 is 1.18 bits per heavy atom. The van der Waals surface area contributed by atoms with E-state index in [0.29, 0.717) is 12.0 Å². The van der Waals surface area contributed by atoms with Crippen LogP contribution in [-0.2, 0) is 6.42 Å². The second-order valence-corrected chi connectivity index (χ2v) is 5.02. The maximum Gasteiger partial charge on any atom is 0.122 e. The smallest absolute Gasteiger partial charge is 0.122 e. The molecule has 0 aromatic heterocycles. The van der Waals surface area contributed by atoms with Crippen LogP contribution in [0.3, 0.4) is 0 Å². The molecule has 1 N–H and O–H groups in total. The lowest BCUT2D eigenvalue weighted by molar-refractivity contribution is 0.404. The van der Waals surface area contributed by atoms with Crippen molar-refractivity contribution in [3.63, 3.8) is 0 Å². The zero-order valence-electron chi connectivity index (χ0n) is 11.5. The highest BCUT2D eigenvalue weighted by atomic mass is 16.5. The molecule has 0 radical (unpaired) electrons. The van der Waals surface area contributed by atoms with E-state index in [1.54, 1.807) is 7.11 Å². The van der Waals surface area contributed by atoms with E-state index in [9.17, 15) is 0 Å². The standard InChI is InChI=1S/C15H25NO/c1-12(2)16-11-13(3)9-10-14-7-5-6-8-15(14)17-4/h5-8,12-13,16H,9-11H2,1-4H3. The number of aryl methyl sites for hydroxylation is 1. The molecule has 0 heterocycles. The van der Waals surface area contributed by atoms with Gasteiger partial charge in [0.05, 0.1) is 7.11 Å². The van der Waals surface area contributed by atoms with Crippen LogP contribution in [0.25, 0.3) is 0 Å². The van der Waals surface area contributed by atoms with Gasteiger partial charge in [-0.05, 0) is 36.9 Å². The van der Waals surface area contributed by atoms with Crippen LogP contribution in [-0.4, -0.2) is 19.7 Å². The van der Waals surface area contributed by atoms with Crippen molar-refractivity contribution in [2.75, 3.05) is 13.7 Å². The lowest BCUT2D eigenvalue weighted by Crippen LogP contribution is -2.28. The number of para-hydroxylation sites is 1. The van der Waals surface area contributed by atoms with E-state index in [2.05, 4.69) is 38.2 Å². The highest BCUT2D eigenvalue weighted by Crippen LogP contribution is 2.20. The summed E-state index contributed by atoms with van der Waals surface area (Å²) in [6.07, 6.45) is 2.28. The molecule has 0 aliphatic heterocycles. The maximum absolute atomic E-state index is 5.36. The van der Waals surface area contributed by atoms with Gasteiger partial charge in [-0.2, -0.15) is 0 Å². The van der Waals surface area contributed by atoms with Crippen molar-refractivity contribution in [2.24, 2.45) is 5.92 Å². The van der Waals surface area contributed by atoms with Gasteiger partial charge in [-0.25, -0.2) is 0 Å². The summed E-state index contributed by atoms with van der Waals surface area (Å²) in [4.78, 5) is 0. The third kappa shape index (κ3) is 5.22. The fraction of sp³-hybridized carbons (Fsp3) is 0.600. The Morgan fingerprint density at radius 3 is 2.53 bits per heavy atom.